The highest BCUT2D eigenvalue weighted by Crippen LogP contribution is 2.21. The van der Waals surface area contributed by atoms with Gasteiger partial charge in [0.25, 0.3) is 10.1 Å². The van der Waals surface area contributed by atoms with Gasteiger partial charge in [-0.25, -0.2) is 0 Å². The molecular weight excluding hydrogens is 340 g/mol. The lowest BCUT2D eigenvalue weighted by atomic mass is 10.1. The molecule has 0 bridgehead atoms. The highest BCUT2D eigenvalue weighted by Gasteiger charge is 2.07. The van der Waals surface area contributed by atoms with E-state index in [-0.39, 0.29) is 11.9 Å². The van der Waals surface area contributed by atoms with Crippen molar-refractivity contribution in [2.24, 2.45) is 0 Å². The number of rotatable bonds is 10. The summed E-state index contributed by atoms with van der Waals surface area (Å²) < 4.78 is 41.4. The minimum Gasteiger partial charge on any atom is -0.489 e. The van der Waals surface area contributed by atoms with Crippen LogP contribution in [0.3, 0.4) is 0 Å². The monoisotopic (exact) mass is 364 g/mol. The fraction of sp³-hybridized carbons (Fsp3) is 0.368. The molecule has 0 spiro atoms. The van der Waals surface area contributed by atoms with E-state index in [0.717, 1.165) is 16.9 Å². The van der Waals surface area contributed by atoms with Gasteiger partial charge in [0.05, 0.1) is 11.9 Å². The van der Waals surface area contributed by atoms with Crippen molar-refractivity contribution in [3.63, 3.8) is 0 Å². The summed E-state index contributed by atoms with van der Waals surface area (Å²) in [4.78, 5) is 0. The molecule has 0 aliphatic carbocycles. The summed E-state index contributed by atoms with van der Waals surface area (Å²) in [7, 11) is -3.88. The Balaban J connectivity index is 1.73. The third-order valence-electron chi connectivity index (χ3n) is 3.76. The van der Waals surface area contributed by atoms with Crippen LogP contribution in [0.5, 0.6) is 5.75 Å². The molecule has 6 heteroatoms. The first-order valence-corrected chi connectivity index (χ1v) is 9.88. The number of hydrogen-bond acceptors (Lipinski definition) is 4. The van der Waals surface area contributed by atoms with Gasteiger partial charge in [0, 0.05) is 6.61 Å². The van der Waals surface area contributed by atoms with Crippen molar-refractivity contribution in [3.8, 4) is 5.75 Å². The second kappa shape index (κ2) is 9.56. The molecule has 0 amide bonds. The number of benzene rings is 2. The number of hydrogen-bond donors (Lipinski definition) is 1. The second-order valence-corrected chi connectivity index (χ2v) is 7.42. The van der Waals surface area contributed by atoms with Crippen molar-refractivity contribution >= 4 is 10.1 Å². The molecule has 0 saturated heterocycles. The fourth-order valence-electron chi connectivity index (χ4n) is 2.32. The summed E-state index contributed by atoms with van der Waals surface area (Å²) in [5.41, 5.74) is 2.15. The molecule has 136 valence electrons. The van der Waals surface area contributed by atoms with Gasteiger partial charge >= 0.3 is 0 Å². The topological polar surface area (TPSA) is 72.8 Å². The summed E-state index contributed by atoms with van der Waals surface area (Å²) >= 11 is 0. The molecule has 2 aromatic rings. The van der Waals surface area contributed by atoms with E-state index in [1.54, 1.807) is 0 Å². The average Bonchev–Trinajstić information content (AvgIpc) is 2.60. The number of ether oxygens (including phenoxy) is 2. The Morgan fingerprint density at radius 1 is 1.00 bits per heavy atom. The first-order valence-electron chi connectivity index (χ1n) is 8.27. The van der Waals surface area contributed by atoms with Crippen LogP contribution in [-0.2, 0) is 21.5 Å². The van der Waals surface area contributed by atoms with Crippen LogP contribution in [0.2, 0.25) is 0 Å². The predicted molar refractivity (Wildman–Crippen MR) is 97.2 cm³/mol. The predicted octanol–water partition coefficient (Wildman–Crippen LogP) is 4.01. The Bertz CT molecular complexity index is 726. The molecule has 0 saturated carbocycles. The maximum absolute atomic E-state index is 10.6. The van der Waals surface area contributed by atoms with Gasteiger partial charge in [0.15, 0.2) is 0 Å². The molecule has 0 fully saturated rings. The van der Waals surface area contributed by atoms with Crippen molar-refractivity contribution in [1.29, 1.82) is 0 Å². The Morgan fingerprint density at radius 3 is 2.32 bits per heavy atom. The molecule has 1 unspecified atom stereocenters. The maximum atomic E-state index is 10.6. The highest BCUT2D eigenvalue weighted by atomic mass is 32.2. The summed E-state index contributed by atoms with van der Waals surface area (Å²) in [6, 6.07) is 17.7. The largest absolute Gasteiger partial charge is 0.489 e. The van der Waals surface area contributed by atoms with Gasteiger partial charge in [-0.15, -0.1) is 0 Å². The van der Waals surface area contributed by atoms with Crippen LogP contribution in [0.1, 0.15) is 37.0 Å². The van der Waals surface area contributed by atoms with Gasteiger partial charge in [-0.05, 0) is 43.0 Å². The number of unbranched alkanes of at least 4 members (excludes halogenated alkanes) is 1. The van der Waals surface area contributed by atoms with Gasteiger partial charge in [-0.2, -0.15) is 8.42 Å². The lowest BCUT2D eigenvalue weighted by Crippen LogP contribution is -2.06. The summed E-state index contributed by atoms with van der Waals surface area (Å²) in [6.45, 7) is 2.92. The van der Waals surface area contributed by atoms with E-state index < -0.39 is 10.1 Å². The molecule has 0 aliphatic heterocycles. The van der Waals surface area contributed by atoms with Crippen LogP contribution in [0.4, 0.5) is 0 Å². The zero-order chi connectivity index (χ0) is 18.1. The quantitative estimate of drug-likeness (QED) is 0.509. The standard InChI is InChI=1S/C19H24O5S/c1-16(23-13-5-6-14-25(20,21)22)18-9-11-19(12-10-18)24-15-17-7-3-2-4-8-17/h2-4,7-12,16H,5-6,13-15H2,1H3,(H,20,21,22). The summed E-state index contributed by atoms with van der Waals surface area (Å²) in [5, 5.41) is 0. The van der Waals surface area contributed by atoms with Crippen LogP contribution < -0.4 is 4.74 Å². The van der Waals surface area contributed by atoms with E-state index in [4.69, 9.17) is 14.0 Å². The van der Waals surface area contributed by atoms with Crippen molar-refractivity contribution in [2.75, 3.05) is 12.4 Å². The lowest BCUT2D eigenvalue weighted by Gasteiger charge is -2.14. The second-order valence-electron chi connectivity index (χ2n) is 5.85. The Hall–Kier alpha value is -1.89. The van der Waals surface area contributed by atoms with Gasteiger partial charge in [-0.3, -0.25) is 4.55 Å². The normalized spacial score (nSPS) is 12.7. The molecule has 1 atom stereocenters. The first-order chi connectivity index (χ1) is 11.9. The minimum atomic E-state index is -3.88. The summed E-state index contributed by atoms with van der Waals surface area (Å²) in [5.74, 6) is 0.575. The van der Waals surface area contributed by atoms with E-state index in [9.17, 15) is 8.42 Å². The van der Waals surface area contributed by atoms with Crippen LogP contribution >= 0.6 is 0 Å². The minimum absolute atomic E-state index is 0.0890. The Morgan fingerprint density at radius 2 is 1.68 bits per heavy atom. The van der Waals surface area contributed by atoms with E-state index in [1.165, 1.54) is 0 Å². The molecule has 1 N–H and O–H groups in total. The van der Waals surface area contributed by atoms with E-state index in [0.29, 0.717) is 26.1 Å². The molecule has 25 heavy (non-hydrogen) atoms. The molecule has 0 heterocycles. The third-order valence-corrected chi connectivity index (χ3v) is 4.57. The molecule has 5 nitrogen and oxygen atoms in total. The highest BCUT2D eigenvalue weighted by molar-refractivity contribution is 7.85. The lowest BCUT2D eigenvalue weighted by molar-refractivity contribution is 0.0637. The molecule has 2 aromatic carbocycles. The van der Waals surface area contributed by atoms with Crippen LogP contribution in [0.15, 0.2) is 54.6 Å². The van der Waals surface area contributed by atoms with Gasteiger partial charge in [0.2, 0.25) is 0 Å². The van der Waals surface area contributed by atoms with Crippen LogP contribution in [0.25, 0.3) is 0 Å². The van der Waals surface area contributed by atoms with E-state index >= 15 is 0 Å². The molecule has 0 aliphatic rings. The molecule has 2 rings (SSSR count). The maximum Gasteiger partial charge on any atom is 0.264 e. The van der Waals surface area contributed by atoms with Crippen molar-refractivity contribution in [2.45, 2.75) is 32.5 Å². The molecule has 0 radical (unpaired) electrons. The SMILES string of the molecule is CC(OCCCCS(=O)(=O)O)c1ccc(OCc2ccccc2)cc1. The van der Waals surface area contributed by atoms with Crippen LogP contribution in [0, 0.1) is 0 Å². The van der Waals surface area contributed by atoms with Crippen molar-refractivity contribution in [3.05, 3.63) is 65.7 Å². The van der Waals surface area contributed by atoms with Crippen LogP contribution in [-0.4, -0.2) is 25.3 Å². The fourth-order valence-corrected chi connectivity index (χ4v) is 2.89. The molecular formula is C19H24O5S. The Kier molecular flexibility index (Phi) is 7.43. The van der Waals surface area contributed by atoms with Gasteiger partial charge in [0.1, 0.15) is 12.4 Å². The van der Waals surface area contributed by atoms with Gasteiger partial charge < -0.3 is 9.47 Å². The Labute approximate surface area is 149 Å². The average molecular weight is 364 g/mol. The van der Waals surface area contributed by atoms with Crippen molar-refractivity contribution in [1.82, 2.24) is 0 Å². The zero-order valence-electron chi connectivity index (χ0n) is 14.3. The third kappa shape index (κ3) is 7.69. The zero-order valence-corrected chi connectivity index (χ0v) is 15.1. The van der Waals surface area contributed by atoms with E-state index in [2.05, 4.69) is 0 Å². The van der Waals surface area contributed by atoms with Gasteiger partial charge in [-0.1, -0.05) is 42.5 Å². The van der Waals surface area contributed by atoms with Crippen molar-refractivity contribution < 1.29 is 22.4 Å². The van der Waals surface area contributed by atoms with E-state index in [1.807, 2.05) is 61.5 Å². The molecule has 0 aromatic heterocycles. The first kappa shape index (κ1) is 19.4. The smallest absolute Gasteiger partial charge is 0.264 e. The summed E-state index contributed by atoms with van der Waals surface area (Å²) in [6.07, 6.45) is 0.883.